The van der Waals surface area contributed by atoms with Crippen LogP contribution in [-0.4, -0.2) is 10.7 Å². The highest BCUT2D eigenvalue weighted by Gasteiger charge is 1.91. The molecule has 4 heteroatoms. The van der Waals surface area contributed by atoms with Crippen LogP contribution in [0.15, 0.2) is 24.5 Å². The molecule has 1 heterocycles. The topological polar surface area (TPSA) is 57.3 Å². The van der Waals surface area contributed by atoms with Crippen molar-refractivity contribution in [2.24, 2.45) is 5.73 Å². The van der Waals surface area contributed by atoms with Crippen molar-refractivity contribution >= 4 is 6.09 Å². The number of amides is 1. The molecule has 0 spiro atoms. The van der Waals surface area contributed by atoms with Gasteiger partial charge in [-0.25, -0.2) is 4.79 Å². The van der Waals surface area contributed by atoms with Gasteiger partial charge in [0.15, 0.2) is 6.73 Å². The minimum atomic E-state index is -0.756. The monoisotopic (exact) mass is 140 g/mol. The van der Waals surface area contributed by atoms with Gasteiger partial charge in [-0.1, -0.05) is 0 Å². The van der Waals surface area contributed by atoms with Gasteiger partial charge in [-0.3, -0.25) is 0 Å². The predicted octanol–water partition coefficient (Wildman–Crippen LogP) is 0.541. The lowest BCUT2D eigenvalue weighted by Crippen LogP contribution is -2.14. The fourth-order valence-electron chi connectivity index (χ4n) is 0.594. The molecule has 2 N–H and O–H groups in total. The Balaban J connectivity index is 2.35. The van der Waals surface area contributed by atoms with Crippen molar-refractivity contribution in [3.05, 3.63) is 24.5 Å². The summed E-state index contributed by atoms with van der Waals surface area (Å²) in [5.41, 5.74) is 4.73. The molecule has 0 saturated heterocycles. The van der Waals surface area contributed by atoms with Gasteiger partial charge in [0.1, 0.15) is 0 Å². The molecule has 0 radical (unpaired) electrons. The Kier molecular flexibility index (Phi) is 1.94. The standard InChI is InChI=1S/C6H8N2O2/c7-6(9)10-5-8-3-1-2-4-8/h1-4H,5H2,(H2,7,9). The lowest BCUT2D eigenvalue weighted by atomic mass is 10.7. The summed E-state index contributed by atoms with van der Waals surface area (Å²) in [7, 11) is 0. The first-order valence-corrected chi connectivity index (χ1v) is 2.82. The summed E-state index contributed by atoms with van der Waals surface area (Å²) >= 11 is 0. The Bertz CT molecular complexity index is 206. The Morgan fingerprint density at radius 1 is 1.50 bits per heavy atom. The highest BCUT2D eigenvalue weighted by molar-refractivity contribution is 5.64. The van der Waals surface area contributed by atoms with E-state index < -0.39 is 6.09 Å². The molecule has 0 bridgehead atoms. The molecule has 0 aliphatic heterocycles. The molecule has 0 aliphatic rings. The maximum atomic E-state index is 10.1. The average Bonchev–Trinajstić information content (AvgIpc) is 2.34. The lowest BCUT2D eigenvalue weighted by molar-refractivity contribution is 0.123. The molecule has 54 valence electrons. The largest absolute Gasteiger partial charge is 0.428 e. The maximum absolute atomic E-state index is 10.1. The van der Waals surface area contributed by atoms with Gasteiger partial charge in [0, 0.05) is 12.4 Å². The average molecular weight is 140 g/mol. The maximum Gasteiger partial charge on any atom is 0.406 e. The van der Waals surface area contributed by atoms with Gasteiger partial charge in [-0.15, -0.1) is 0 Å². The fourth-order valence-corrected chi connectivity index (χ4v) is 0.594. The number of nitrogens with zero attached hydrogens (tertiary/aromatic N) is 1. The molecule has 0 aromatic carbocycles. The summed E-state index contributed by atoms with van der Waals surface area (Å²) in [6, 6.07) is 3.68. The van der Waals surface area contributed by atoms with E-state index in [1.807, 2.05) is 12.1 Å². The van der Waals surface area contributed by atoms with Gasteiger partial charge in [0.05, 0.1) is 0 Å². The van der Waals surface area contributed by atoms with E-state index in [9.17, 15) is 4.79 Å². The van der Waals surface area contributed by atoms with Crippen LogP contribution >= 0.6 is 0 Å². The third kappa shape index (κ3) is 1.81. The van der Waals surface area contributed by atoms with E-state index in [1.54, 1.807) is 17.0 Å². The first kappa shape index (κ1) is 6.67. The van der Waals surface area contributed by atoms with E-state index in [0.717, 1.165) is 0 Å². The van der Waals surface area contributed by atoms with Crippen molar-refractivity contribution in [3.63, 3.8) is 0 Å². The zero-order valence-corrected chi connectivity index (χ0v) is 5.36. The molecule has 10 heavy (non-hydrogen) atoms. The molecule has 0 saturated carbocycles. The van der Waals surface area contributed by atoms with Crippen molar-refractivity contribution in [1.82, 2.24) is 4.57 Å². The summed E-state index contributed by atoms with van der Waals surface area (Å²) in [5, 5.41) is 0. The third-order valence-corrected chi connectivity index (χ3v) is 1.02. The number of primary amides is 1. The third-order valence-electron chi connectivity index (χ3n) is 1.02. The van der Waals surface area contributed by atoms with Crippen molar-refractivity contribution < 1.29 is 9.53 Å². The van der Waals surface area contributed by atoms with Crippen molar-refractivity contribution in [3.8, 4) is 0 Å². The number of hydrogen-bond acceptors (Lipinski definition) is 2. The molecular weight excluding hydrogens is 132 g/mol. The van der Waals surface area contributed by atoms with Gasteiger partial charge >= 0.3 is 6.09 Å². The molecule has 4 nitrogen and oxygen atoms in total. The zero-order chi connectivity index (χ0) is 7.40. The van der Waals surface area contributed by atoms with Gasteiger partial charge in [0.2, 0.25) is 0 Å². The van der Waals surface area contributed by atoms with E-state index in [4.69, 9.17) is 5.73 Å². The first-order valence-electron chi connectivity index (χ1n) is 2.82. The molecule has 1 amide bonds. The minimum absolute atomic E-state index is 0.183. The number of nitrogens with two attached hydrogens (primary N) is 1. The van der Waals surface area contributed by atoms with Crippen LogP contribution in [0.4, 0.5) is 4.79 Å². The first-order chi connectivity index (χ1) is 4.79. The summed E-state index contributed by atoms with van der Waals surface area (Å²) < 4.78 is 6.19. The molecule has 1 aromatic heterocycles. The van der Waals surface area contributed by atoms with E-state index in [2.05, 4.69) is 4.74 Å². The molecule has 0 fully saturated rings. The summed E-state index contributed by atoms with van der Waals surface area (Å²) in [6.07, 6.45) is 2.81. The van der Waals surface area contributed by atoms with Crippen molar-refractivity contribution in [1.29, 1.82) is 0 Å². The predicted molar refractivity (Wildman–Crippen MR) is 35.1 cm³/mol. The van der Waals surface area contributed by atoms with Gasteiger partial charge in [-0.2, -0.15) is 0 Å². The molecule has 0 aliphatic carbocycles. The number of carbonyl (C=O) groups excluding carboxylic acids is 1. The Morgan fingerprint density at radius 3 is 2.60 bits per heavy atom. The van der Waals surface area contributed by atoms with Gasteiger partial charge < -0.3 is 15.0 Å². The van der Waals surface area contributed by atoms with E-state index in [-0.39, 0.29) is 6.73 Å². The normalized spacial score (nSPS) is 9.20. The second kappa shape index (κ2) is 2.91. The SMILES string of the molecule is NC(=O)OCn1cccc1. The van der Waals surface area contributed by atoms with E-state index in [1.165, 1.54) is 0 Å². The molecule has 0 atom stereocenters. The van der Waals surface area contributed by atoms with Crippen LogP contribution in [0.1, 0.15) is 0 Å². The van der Waals surface area contributed by atoms with Crippen molar-refractivity contribution in [2.75, 3.05) is 0 Å². The van der Waals surface area contributed by atoms with E-state index in [0.29, 0.717) is 0 Å². The summed E-state index contributed by atoms with van der Waals surface area (Å²) in [6.45, 7) is 0.183. The van der Waals surface area contributed by atoms with Gasteiger partial charge in [0.25, 0.3) is 0 Å². The Labute approximate surface area is 58.2 Å². The number of aromatic nitrogens is 1. The highest BCUT2D eigenvalue weighted by atomic mass is 16.6. The van der Waals surface area contributed by atoms with Crippen LogP contribution in [0.2, 0.25) is 0 Å². The quantitative estimate of drug-likeness (QED) is 0.651. The minimum Gasteiger partial charge on any atom is -0.428 e. The number of ether oxygens (including phenoxy) is 1. The highest BCUT2D eigenvalue weighted by Crippen LogP contribution is 1.89. The molecular formula is C6H8N2O2. The molecule has 0 unspecified atom stereocenters. The van der Waals surface area contributed by atoms with Crippen LogP contribution in [0.5, 0.6) is 0 Å². The van der Waals surface area contributed by atoms with Crippen LogP contribution in [-0.2, 0) is 11.5 Å². The molecule has 1 rings (SSSR count). The number of rotatable bonds is 2. The Morgan fingerprint density at radius 2 is 2.10 bits per heavy atom. The van der Waals surface area contributed by atoms with Crippen LogP contribution in [0.25, 0.3) is 0 Å². The van der Waals surface area contributed by atoms with Crippen LogP contribution < -0.4 is 5.73 Å². The zero-order valence-electron chi connectivity index (χ0n) is 5.36. The second-order valence-electron chi connectivity index (χ2n) is 1.79. The second-order valence-corrected chi connectivity index (χ2v) is 1.79. The lowest BCUT2D eigenvalue weighted by Gasteiger charge is -2.00. The summed E-state index contributed by atoms with van der Waals surface area (Å²) in [5.74, 6) is 0. The number of carbonyl (C=O) groups is 1. The van der Waals surface area contributed by atoms with Gasteiger partial charge in [-0.05, 0) is 12.1 Å². The fraction of sp³-hybridized carbons (Fsp3) is 0.167. The van der Waals surface area contributed by atoms with Crippen LogP contribution in [0.3, 0.4) is 0 Å². The number of hydrogen-bond donors (Lipinski definition) is 1. The van der Waals surface area contributed by atoms with Crippen molar-refractivity contribution in [2.45, 2.75) is 6.73 Å². The Hall–Kier alpha value is -1.45. The smallest absolute Gasteiger partial charge is 0.406 e. The van der Waals surface area contributed by atoms with E-state index >= 15 is 0 Å². The van der Waals surface area contributed by atoms with Crippen LogP contribution in [0, 0.1) is 0 Å². The molecule has 1 aromatic rings. The summed E-state index contributed by atoms with van der Waals surface area (Å²) in [4.78, 5) is 10.1.